The van der Waals surface area contributed by atoms with Gasteiger partial charge in [-0.05, 0) is 234 Å². The molecule has 11 aromatic heterocycles. The van der Waals surface area contributed by atoms with Crippen LogP contribution in [0.1, 0.15) is 329 Å². The van der Waals surface area contributed by atoms with Crippen molar-refractivity contribution in [3.63, 3.8) is 0 Å². The van der Waals surface area contributed by atoms with Gasteiger partial charge in [0.25, 0.3) is 0 Å². The van der Waals surface area contributed by atoms with Crippen LogP contribution in [-0.4, -0.2) is 15.0 Å². The number of rotatable bonds is 13. The van der Waals surface area contributed by atoms with Gasteiger partial charge in [0.05, 0.1) is 39.0 Å². The van der Waals surface area contributed by atoms with E-state index in [2.05, 4.69) is 111 Å². The first-order valence-electron chi connectivity index (χ1n) is 72.1. The Bertz CT molecular complexity index is 10900. The maximum Gasteiger partial charge on any atom is 0.227 e. The average molecular weight is 1940 g/mol. The molecule has 0 radical (unpaired) electrons. The molecule has 0 aliphatic heterocycles. The van der Waals surface area contributed by atoms with Crippen LogP contribution < -0.4 is 18.3 Å². The molecule has 7 atom stereocenters. The first kappa shape index (κ1) is 53.5. The predicted molar refractivity (Wildman–Crippen MR) is 591 cm³/mol. The Morgan fingerprint density at radius 3 is 1.29 bits per heavy atom. The van der Waals surface area contributed by atoms with Gasteiger partial charge in [-0.1, -0.05) is 270 Å². The number of fused-ring (bicyclic) bond motifs is 26. The molecule has 4 aliphatic carbocycles. The summed E-state index contributed by atoms with van der Waals surface area (Å²) in [4.78, 5) is 14.0. The normalized spacial score (nSPS) is 24.6. The van der Waals surface area contributed by atoms with E-state index in [0.29, 0.717) is 77.1 Å². The molecule has 24 rings (SSSR count). The SMILES string of the molecule is Cc1cc(C)c2c(oc3c4c(ccc32)-c2ccccc2C4(C)C)c1-c1cccc[n+]1C.[2H]C([2H])([2H])c1cc(-c2c(C)ccc3c2oc2nc4c(cc23)-c2ccccc2C4(C([2H])(C)C([2H])([2H])[2H])C([2H])(C([2H])([2H])[2H])C([2H])([2H])[2H])[n+](C)cc1C([2H])(C)C([2H])([2H])[2H].[2H]C([2H])([2H])c1cc(-c2c(C)ccc3c2oc2nc4c(cc23)-c2ccccc2C4(C([2H])([2H])C([2H])(C)C([2H])([2H])[2H])C([2H])([2H])C([2H])(C)C([2H])([2H])[2H])[n+](C)cc1C([2H])(C)C([2H])([2H])[2H].[2H]C([2H])([2H])c1cc(-c2c(C)ccc3c2oc2ncc4c(c23)C(C([2H])([2H])[2H])(C([2H])([2H])[2H])c2ccccc2-4)[n+](C)cc1C([2H])(C)C([2H])([2H])[2H]. The molecule has 9 aromatic carbocycles. The minimum Gasteiger partial charge on any atom is -0.455 e. The zero-order valence-corrected chi connectivity index (χ0v) is 82.2. The Hall–Kier alpha value is -13.8. The molecule has 7 unspecified atom stereocenters. The van der Waals surface area contributed by atoms with Crippen LogP contribution in [0.25, 0.3) is 178 Å². The van der Waals surface area contributed by atoms with Crippen LogP contribution in [0.2, 0.25) is 0 Å². The summed E-state index contributed by atoms with van der Waals surface area (Å²) >= 11 is 0. The van der Waals surface area contributed by atoms with E-state index in [1.54, 1.807) is 109 Å². The molecule has 0 saturated carbocycles. The quantitative estimate of drug-likeness (QED) is 0.106. The highest BCUT2D eigenvalue weighted by Gasteiger charge is 2.51. The Labute approximate surface area is 914 Å². The number of aryl methyl sites for hydroxylation is 12. The fourth-order valence-corrected chi connectivity index (χ4v) is 22.7. The van der Waals surface area contributed by atoms with Gasteiger partial charge in [0.1, 0.15) is 39.4 Å². The van der Waals surface area contributed by atoms with Crippen molar-refractivity contribution in [3.05, 3.63) is 337 Å². The topological polar surface area (TPSA) is 107 Å². The lowest BCUT2D eigenvalue weighted by molar-refractivity contribution is -0.661. The monoisotopic (exact) mass is 1940 g/mol. The number of hydrogen-bond acceptors (Lipinski definition) is 7. The molecule has 20 aromatic rings. The summed E-state index contributed by atoms with van der Waals surface area (Å²) in [7, 11) is 6.80. The van der Waals surface area contributed by atoms with Crippen LogP contribution in [-0.2, 0) is 49.9 Å². The number of hydrogen-bond donors (Lipinski definition) is 0. The lowest BCUT2D eigenvalue weighted by atomic mass is 9.64. The smallest absolute Gasteiger partial charge is 0.227 e. The Balaban J connectivity index is 0.000000145. The van der Waals surface area contributed by atoms with Crippen LogP contribution in [0.3, 0.4) is 0 Å². The zero-order chi connectivity index (χ0) is 144. The highest BCUT2D eigenvalue weighted by atomic mass is 16.4. The van der Waals surface area contributed by atoms with Crippen molar-refractivity contribution >= 4 is 88.1 Å². The van der Waals surface area contributed by atoms with Crippen molar-refractivity contribution in [2.24, 2.45) is 51.8 Å². The van der Waals surface area contributed by atoms with E-state index >= 15 is 0 Å². The zero-order valence-electron chi connectivity index (χ0n) is 132. The second-order valence-corrected chi connectivity index (χ2v) is 38.9. The van der Waals surface area contributed by atoms with Crippen molar-refractivity contribution < 1.29 is 104 Å². The molecular weight excluding hydrogens is 1750 g/mol. The number of furan rings is 4. The highest BCUT2D eigenvalue weighted by Crippen LogP contribution is 2.61. The van der Waals surface area contributed by atoms with E-state index in [9.17, 15) is 8.22 Å². The van der Waals surface area contributed by atoms with Gasteiger partial charge in [0.2, 0.25) is 39.9 Å². The third-order valence-corrected chi connectivity index (χ3v) is 29.1. The Morgan fingerprint density at radius 1 is 0.343 bits per heavy atom. The summed E-state index contributed by atoms with van der Waals surface area (Å²) < 4.78 is 460. The Kier molecular flexibility index (Phi) is 13.1. The summed E-state index contributed by atoms with van der Waals surface area (Å²) in [6.07, 6.45) is 0.373. The fourth-order valence-electron chi connectivity index (χ4n) is 22.7. The van der Waals surface area contributed by atoms with Crippen molar-refractivity contribution in [2.45, 2.75) is 231 Å². The van der Waals surface area contributed by atoms with Gasteiger partial charge < -0.3 is 17.7 Å². The molecule has 722 valence electrons. The van der Waals surface area contributed by atoms with Crippen LogP contribution in [0.4, 0.5) is 0 Å². The molecule has 4 aliphatic rings. The molecule has 0 amide bonds. The Morgan fingerprint density at radius 2 is 0.783 bits per heavy atom. The minimum absolute atomic E-state index is 0.00716. The molecule has 11 heteroatoms. The largest absolute Gasteiger partial charge is 0.455 e. The molecule has 11 heterocycles. The van der Waals surface area contributed by atoms with E-state index in [1.165, 1.54) is 167 Å². The number of nitrogens with zero attached hydrogens (tertiary/aromatic N) is 7. The number of benzene rings is 9. The molecule has 0 saturated heterocycles. The summed E-state index contributed by atoms with van der Waals surface area (Å²) in [6, 6.07) is 57.4. The molecule has 0 spiro atoms. The van der Waals surface area contributed by atoms with Gasteiger partial charge in [0, 0.05) is 203 Å². The van der Waals surface area contributed by atoms with Gasteiger partial charge in [-0.25, -0.2) is 33.2 Å². The first-order chi connectivity index (χ1) is 88.0. The van der Waals surface area contributed by atoms with Crippen molar-refractivity contribution in [2.75, 3.05) is 0 Å². The fraction of sp³-hybridized carbons (Fsp3) is 0.326. The van der Waals surface area contributed by atoms with Gasteiger partial charge in [-0.15, -0.1) is 0 Å². The third-order valence-electron chi connectivity index (χ3n) is 29.1. The predicted octanol–water partition coefficient (Wildman–Crippen LogP) is 32.9. The maximum absolute atomic E-state index is 9.66. The number of aromatic nitrogens is 7. The molecular formula is C132H139N7O4+4. The van der Waals surface area contributed by atoms with Gasteiger partial charge in [0.15, 0.2) is 41.5 Å². The standard InChI is InChI=1S/C37H43N2O.C35H39N2O.C31H31N2O.C29H26NO/c1-21(2)18-37(19-22(3)4)31-13-11-10-12-26(31)28-17-29-27-15-14-24(7)33(34(27)40-36(29)38-35(28)37)32-16-25(8)30(23(5)6)20-39(32)9;1-19(2)28-18-37(9)30(16-23(28)8)31-22(7)14-15-25-27-17-26-24-12-10-11-13-29(24)35(20(3)4,21(5)6)33(26)36-34(27)38-32(25)31;1-17(2)23-16-33(7)25(14-19(23)4)26-18(3)12-13-21-27-28-22(15-32-30(27)34-29(21)26)20-10-8-9-11-24(20)31(28,5)6;1-17-16-18(2)25(23-12-8-9-15-30(23)5)28-24(17)21-14-13-20-19-10-6-7-11-22(19)29(3,4)26(20)27(21)31-28/h10-17,20-23H,18-19H2,1-9H3;10-21H,1-9H3;8-17H,1-7H3;6-16H,1-5H3/q4*+1/i1D3,3D3,5D3,8D3,18D2,19D2,21D,22D,23D;1D3,3D3,4D3,5D3,8D3,19D,20D,21D;1D3,4D3,5D3,6D3,17D;. The molecule has 0 N–H and O–H groups in total. The third kappa shape index (κ3) is 14.7. The average Bonchev–Trinajstić information content (AvgIpc) is 1.46. The molecule has 143 heavy (non-hydrogen) atoms. The number of pyridine rings is 7. The summed E-state index contributed by atoms with van der Waals surface area (Å²) in [6.45, 7) is -20.7. The van der Waals surface area contributed by atoms with Crippen LogP contribution in [0, 0.1) is 78.8 Å². The lowest BCUT2D eigenvalue weighted by Gasteiger charge is -2.39. The van der Waals surface area contributed by atoms with Crippen molar-refractivity contribution in [3.8, 4) is 89.5 Å². The van der Waals surface area contributed by atoms with Gasteiger partial charge in [-0.3, -0.25) is 0 Å². The van der Waals surface area contributed by atoms with Gasteiger partial charge in [-0.2, -0.15) is 0 Å². The van der Waals surface area contributed by atoms with Gasteiger partial charge >= 0.3 is 0 Å². The van der Waals surface area contributed by atoms with E-state index < -0.39 is 171 Å². The van der Waals surface area contributed by atoms with Crippen molar-refractivity contribution in [1.29, 1.82) is 0 Å². The minimum atomic E-state index is -3.70. The maximum atomic E-state index is 9.66. The van der Waals surface area contributed by atoms with E-state index in [0.717, 1.165) is 52.7 Å². The van der Waals surface area contributed by atoms with E-state index in [1.807, 2.05) is 0 Å². The van der Waals surface area contributed by atoms with E-state index in [4.69, 9.17) is 87.9 Å². The molecule has 11 nitrogen and oxygen atoms in total. The first-order valence-corrected chi connectivity index (χ1v) is 47.1. The lowest BCUT2D eigenvalue weighted by Crippen LogP contribution is -2.38. The molecule has 0 fully saturated rings. The summed E-state index contributed by atoms with van der Waals surface area (Å²) in [5, 5.41) is 4.50. The second kappa shape index (κ2) is 35.1. The van der Waals surface area contributed by atoms with Crippen LogP contribution >= 0.6 is 0 Å². The summed E-state index contributed by atoms with van der Waals surface area (Å²) in [5.74, 6) is -19.8. The van der Waals surface area contributed by atoms with Crippen LogP contribution in [0.5, 0.6) is 0 Å². The summed E-state index contributed by atoms with van der Waals surface area (Å²) in [5.41, 5.74) is 5.94. The van der Waals surface area contributed by atoms with Crippen molar-refractivity contribution in [1.82, 2.24) is 15.0 Å². The van der Waals surface area contributed by atoms with Crippen LogP contribution in [0.15, 0.2) is 249 Å². The van der Waals surface area contributed by atoms with E-state index in [-0.39, 0.29) is 134 Å². The highest BCUT2D eigenvalue weighted by molar-refractivity contribution is 6.17. The molecule has 0 bridgehead atoms. The second-order valence-electron chi connectivity index (χ2n) is 38.9.